The van der Waals surface area contributed by atoms with Crippen molar-refractivity contribution in [1.29, 1.82) is 0 Å². The van der Waals surface area contributed by atoms with Crippen LogP contribution in [-0.4, -0.2) is 10.3 Å². The van der Waals surface area contributed by atoms with Crippen LogP contribution in [0.4, 0.5) is 0 Å². The number of rotatable bonds is 6. The molecule has 2 aromatic heterocycles. The molecule has 2 unspecified atom stereocenters. The van der Waals surface area contributed by atoms with Crippen LogP contribution in [0.3, 0.4) is 0 Å². The molecule has 56 heavy (non-hydrogen) atoms. The standard InChI is InChI=1S/C52H37N3O/c1-3-13-34(14-4-1)36-17-11-19-38(29-36)46-33-47(54-52(53-46)40-20-12-18-37(30-40)35-15-5-2-6-16-35)39-25-27-43-42-21-7-9-23-48(42)55(49(43)31-39)41-26-28-51-45(32-41)44-22-8-10-24-50(44)56-51/h1-31,33,41,52-53H,32H2. The number of hydrogen-bond acceptors (Lipinski definition) is 3. The number of aromatic nitrogens is 1. The summed E-state index contributed by atoms with van der Waals surface area (Å²) >= 11 is 0. The highest BCUT2D eigenvalue weighted by molar-refractivity contribution is 6.16. The van der Waals surface area contributed by atoms with E-state index in [-0.39, 0.29) is 12.2 Å². The summed E-state index contributed by atoms with van der Waals surface area (Å²) in [6, 6.07) is 62.9. The van der Waals surface area contributed by atoms with Crippen molar-refractivity contribution in [3.63, 3.8) is 0 Å². The van der Waals surface area contributed by atoms with Crippen LogP contribution in [0.5, 0.6) is 0 Å². The van der Waals surface area contributed by atoms with Crippen LogP contribution in [0.15, 0.2) is 197 Å². The first-order valence-electron chi connectivity index (χ1n) is 19.3. The molecule has 4 nitrogen and oxygen atoms in total. The number of allylic oxidation sites excluding steroid dienone is 2. The normalized spacial score (nSPS) is 16.4. The van der Waals surface area contributed by atoms with Gasteiger partial charge in [0.2, 0.25) is 0 Å². The molecule has 0 saturated carbocycles. The first-order valence-corrected chi connectivity index (χ1v) is 19.3. The van der Waals surface area contributed by atoms with E-state index in [9.17, 15) is 0 Å². The quantitative estimate of drug-likeness (QED) is 0.186. The number of nitrogens with zero attached hydrogens (tertiary/aromatic N) is 2. The van der Waals surface area contributed by atoms with Crippen molar-refractivity contribution in [3.8, 4) is 22.3 Å². The van der Waals surface area contributed by atoms with E-state index in [0.717, 1.165) is 45.9 Å². The second kappa shape index (κ2) is 13.3. The number of aliphatic imine (C=N–C) groups is 1. The summed E-state index contributed by atoms with van der Waals surface area (Å²) in [5.74, 6) is 0.962. The highest BCUT2D eigenvalue weighted by atomic mass is 16.3. The molecule has 0 amide bonds. The second-order valence-corrected chi connectivity index (χ2v) is 14.7. The van der Waals surface area contributed by atoms with Gasteiger partial charge in [-0.25, -0.2) is 0 Å². The summed E-state index contributed by atoms with van der Waals surface area (Å²) in [5.41, 5.74) is 14.6. The Labute approximate surface area is 325 Å². The monoisotopic (exact) mass is 719 g/mol. The molecule has 0 radical (unpaired) electrons. The van der Waals surface area contributed by atoms with Gasteiger partial charge >= 0.3 is 0 Å². The summed E-state index contributed by atoms with van der Waals surface area (Å²) in [7, 11) is 0. The van der Waals surface area contributed by atoms with E-state index in [2.05, 4.69) is 198 Å². The molecule has 266 valence electrons. The highest BCUT2D eigenvalue weighted by Gasteiger charge is 2.26. The lowest BCUT2D eigenvalue weighted by Gasteiger charge is -2.26. The van der Waals surface area contributed by atoms with Crippen molar-refractivity contribution in [2.75, 3.05) is 0 Å². The molecule has 0 fully saturated rings. The van der Waals surface area contributed by atoms with Crippen LogP contribution >= 0.6 is 0 Å². The molecule has 7 aromatic carbocycles. The summed E-state index contributed by atoms with van der Waals surface area (Å²) in [6.07, 6.45) is 7.26. The summed E-state index contributed by atoms with van der Waals surface area (Å²) < 4.78 is 8.78. The Balaban J connectivity index is 1.06. The van der Waals surface area contributed by atoms with Gasteiger partial charge in [0.1, 0.15) is 17.5 Å². The van der Waals surface area contributed by atoms with E-state index in [1.165, 1.54) is 55.0 Å². The fraction of sp³-hybridized carbons (Fsp3) is 0.0577. The van der Waals surface area contributed by atoms with Crippen LogP contribution in [0.25, 0.3) is 66.8 Å². The third-order valence-electron chi connectivity index (χ3n) is 11.4. The summed E-state index contributed by atoms with van der Waals surface area (Å²) in [4.78, 5) is 5.47. The molecule has 2 aliphatic rings. The van der Waals surface area contributed by atoms with E-state index in [1.54, 1.807) is 0 Å². The molecule has 9 aromatic rings. The largest absolute Gasteiger partial charge is 0.456 e. The molecule has 0 spiro atoms. The van der Waals surface area contributed by atoms with Gasteiger partial charge < -0.3 is 14.3 Å². The minimum absolute atomic E-state index is 0.122. The van der Waals surface area contributed by atoms with E-state index in [0.29, 0.717) is 0 Å². The number of hydrogen-bond donors (Lipinski definition) is 1. The van der Waals surface area contributed by atoms with Crippen LogP contribution in [0.1, 0.15) is 40.2 Å². The summed E-state index contributed by atoms with van der Waals surface area (Å²) in [6.45, 7) is 0. The average molecular weight is 720 g/mol. The first kappa shape index (κ1) is 32.3. The number of nitrogens with one attached hydrogen (secondary N) is 1. The van der Waals surface area contributed by atoms with Crippen molar-refractivity contribution in [1.82, 2.24) is 9.88 Å². The Hall–Kier alpha value is -7.17. The SMILES string of the molecule is C1=CC(n2c3ccccc3c3ccc(C4=NC(c5cccc(-c6ccccc6)c5)NC(c5cccc(-c6ccccc6)c5)=C4)cc32)Cc2c1oc1ccccc21. The molecular formula is C52H37N3O. The molecule has 2 atom stereocenters. The smallest absolute Gasteiger partial charge is 0.145 e. The lowest BCUT2D eigenvalue weighted by Crippen LogP contribution is -2.25. The molecule has 0 saturated heterocycles. The van der Waals surface area contributed by atoms with Crippen LogP contribution in [0, 0.1) is 0 Å². The Morgan fingerprint density at radius 3 is 2.02 bits per heavy atom. The van der Waals surface area contributed by atoms with Gasteiger partial charge in [-0.15, -0.1) is 0 Å². The minimum Gasteiger partial charge on any atom is -0.456 e. The second-order valence-electron chi connectivity index (χ2n) is 14.7. The van der Waals surface area contributed by atoms with Crippen molar-refractivity contribution in [3.05, 3.63) is 216 Å². The van der Waals surface area contributed by atoms with Crippen LogP contribution in [0.2, 0.25) is 0 Å². The van der Waals surface area contributed by atoms with Crippen LogP contribution < -0.4 is 5.32 Å². The van der Waals surface area contributed by atoms with Crippen molar-refractivity contribution < 1.29 is 4.42 Å². The Bertz CT molecular complexity index is 3040. The first-order chi connectivity index (χ1) is 27.7. The maximum atomic E-state index is 6.26. The van der Waals surface area contributed by atoms with E-state index < -0.39 is 0 Å². The minimum atomic E-state index is -0.287. The topological polar surface area (TPSA) is 42.5 Å². The van der Waals surface area contributed by atoms with Crippen molar-refractivity contribution >= 4 is 50.3 Å². The van der Waals surface area contributed by atoms with Crippen molar-refractivity contribution in [2.45, 2.75) is 18.6 Å². The van der Waals surface area contributed by atoms with Gasteiger partial charge in [-0.05, 0) is 75.9 Å². The highest BCUT2D eigenvalue weighted by Crippen LogP contribution is 2.40. The predicted octanol–water partition coefficient (Wildman–Crippen LogP) is 12.8. The number of furan rings is 1. The number of benzene rings is 7. The van der Waals surface area contributed by atoms with E-state index >= 15 is 0 Å². The average Bonchev–Trinajstić information content (AvgIpc) is 3.82. The molecule has 3 heterocycles. The third kappa shape index (κ3) is 5.57. The molecule has 1 aliphatic heterocycles. The number of para-hydroxylation sites is 2. The lowest BCUT2D eigenvalue weighted by molar-refractivity contribution is 0.572. The zero-order valence-corrected chi connectivity index (χ0v) is 30.6. The molecule has 4 heteroatoms. The number of fused-ring (bicyclic) bond motifs is 6. The van der Waals surface area contributed by atoms with Gasteiger partial charge in [0, 0.05) is 44.9 Å². The Kier molecular flexibility index (Phi) is 7.66. The fourth-order valence-corrected chi connectivity index (χ4v) is 8.67. The molecule has 1 aliphatic carbocycles. The molecule has 11 rings (SSSR count). The molecular weight excluding hydrogens is 683 g/mol. The molecule has 0 bridgehead atoms. The van der Waals surface area contributed by atoms with E-state index in [1.807, 2.05) is 6.07 Å². The Morgan fingerprint density at radius 2 is 1.20 bits per heavy atom. The third-order valence-corrected chi connectivity index (χ3v) is 11.4. The Morgan fingerprint density at radius 1 is 0.536 bits per heavy atom. The lowest BCUT2D eigenvalue weighted by atomic mass is 9.96. The zero-order chi connectivity index (χ0) is 37.0. The van der Waals surface area contributed by atoms with Gasteiger partial charge in [-0.3, -0.25) is 4.99 Å². The molecule has 1 N–H and O–H groups in total. The van der Waals surface area contributed by atoms with Gasteiger partial charge in [0.25, 0.3) is 0 Å². The maximum absolute atomic E-state index is 6.26. The predicted molar refractivity (Wildman–Crippen MR) is 232 cm³/mol. The van der Waals surface area contributed by atoms with Gasteiger partial charge in [-0.1, -0.05) is 152 Å². The maximum Gasteiger partial charge on any atom is 0.145 e. The van der Waals surface area contributed by atoms with Gasteiger partial charge in [-0.2, -0.15) is 0 Å². The fourth-order valence-electron chi connectivity index (χ4n) is 8.67. The summed E-state index contributed by atoms with van der Waals surface area (Å²) in [5, 5.41) is 7.52. The van der Waals surface area contributed by atoms with Gasteiger partial charge in [0.15, 0.2) is 0 Å². The van der Waals surface area contributed by atoms with Crippen molar-refractivity contribution in [2.24, 2.45) is 4.99 Å². The van der Waals surface area contributed by atoms with E-state index in [4.69, 9.17) is 9.41 Å². The van der Waals surface area contributed by atoms with Crippen LogP contribution in [-0.2, 0) is 6.42 Å². The zero-order valence-electron chi connectivity index (χ0n) is 30.6. The van der Waals surface area contributed by atoms with Gasteiger partial charge in [0.05, 0.1) is 17.3 Å².